The lowest BCUT2D eigenvalue weighted by atomic mass is 9.93. The van der Waals surface area contributed by atoms with Gasteiger partial charge in [-0.05, 0) is 31.9 Å². The maximum atomic E-state index is 11.1. The molecule has 0 saturated carbocycles. The van der Waals surface area contributed by atoms with Crippen molar-refractivity contribution in [2.24, 2.45) is 5.92 Å². The summed E-state index contributed by atoms with van der Waals surface area (Å²) in [6, 6.07) is 1.99. The van der Waals surface area contributed by atoms with Gasteiger partial charge in [-0.1, -0.05) is 0 Å². The largest absolute Gasteiger partial charge is 0.496 e. The van der Waals surface area contributed by atoms with Gasteiger partial charge in [0.25, 0.3) is 0 Å². The van der Waals surface area contributed by atoms with Crippen LogP contribution in [0.1, 0.15) is 29.2 Å². The van der Waals surface area contributed by atoms with Gasteiger partial charge in [-0.3, -0.25) is 4.79 Å². The molecule has 0 amide bonds. The zero-order chi connectivity index (χ0) is 14.9. The quantitative estimate of drug-likeness (QED) is 0.883. The lowest BCUT2D eigenvalue weighted by Gasteiger charge is -2.21. The van der Waals surface area contributed by atoms with Crippen LogP contribution in [0.2, 0.25) is 0 Å². The highest BCUT2D eigenvalue weighted by Gasteiger charge is 2.33. The van der Waals surface area contributed by atoms with E-state index in [-0.39, 0.29) is 12.0 Å². The SMILES string of the molecule is COc1cc(C)c(C2CC(C(=O)O)CN2)c(OC)c1C. The van der Waals surface area contributed by atoms with Crippen LogP contribution in [0.15, 0.2) is 6.07 Å². The molecule has 20 heavy (non-hydrogen) atoms. The van der Waals surface area contributed by atoms with Crippen LogP contribution in [0, 0.1) is 19.8 Å². The number of methoxy groups -OCH3 is 2. The molecule has 1 aliphatic heterocycles. The Bertz CT molecular complexity index is 527. The minimum atomic E-state index is -0.748. The van der Waals surface area contributed by atoms with E-state index in [1.54, 1.807) is 14.2 Å². The number of carbonyl (C=O) groups is 1. The molecule has 0 radical (unpaired) electrons. The summed E-state index contributed by atoms with van der Waals surface area (Å²) in [6.07, 6.45) is 0.582. The van der Waals surface area contributed by atoms with E-state index >= 15 is 0 Å². The first-order valence-electron chi connectivity index (χ1n) is 6.67. The average Bonchev–Trinajstić information content (AvgIpc) is 2.89. The van der Waals surface area contributed by atoms with Crippen molar-refractivity contribution in [3.05, 3.63) is 22.8 Å². The highest BCUT2D eigenvalue weighted by atomic mass is 16.5. The smallest absolute Gasteiger partial charge is 0.307 e. The Kier molecular flexibility index (Phi) is 4.18. The third-order valence-electron chi connectivity index (χ3n) is 3.98. The summed E-state index contributed by atoms with van der Waals surface area (Å²) in [7, 11) is 3.27. The summed E-state index contributed by atoms with van der Waals surface area (Å²) in [5.74, 6) is 0.481. The van der Waals surface area contributed by atoms with Crippen LogP contribution in [-0.2, 0) is 4.79 Å². The molecular formula is C15H21NO4. The second-order valence-corrected chi connectivity index (χ2v) is 5.20. The fourth-order valence-electron chi connectivity index (χ4n) is 2.93. The molecule has 2 N–H and O–H groups in total. The maximum absolute atomic E-state index is 11.1. The first-order valence-corrected chi connectivity index (χ1v) is 6.67. The first-order chi connectivity index (χ1) is 9.49. The third-order valence-corrected chi connectivity index (χ3v) is 3.98. The van der Waals surface area contributed by atoms with Crippen molar-refractivity contribution in [2.45, 2.75) is 26.3 Å². The molecule has 5 nitrogen and oxygen atoms in total. The molecule has 0 aliphatic carbocycles. The van der Waals surface area contributed by atoms with Gasteiger partial charge in [-0.2, -0.15) is 0 Å². The van der Waals surface area contributed by atoms with Crippen LogP contribution in [0.3, 0.4) is 0 Å². The zero-order valence-electron chi connectivity index (χ0n) is 12.3. The maximum Gasteiger partial charge on any atom is 0.307 e. The van der Waals surface area contributed by atoms with Gasteiger partial charge in [0.1, 0.15) is 11.5 Å². The lowest BCUT2D eigenvalue weighted by molar-refractivity contribution is -0.141. The van der Waals surface area contributed by atoms with Crippen molar-refractivity contribution < 1.29 is 19.4 Å². The predicted molar refractivity (Wildman–Crippen MR) is 75.5 cm³/mol. The molecule has 5 heteroatoms. The number of carboxylic acid groups (broad SMARTS) is 1. The lowest BCUT2D eigenvalue weighted by Crippen LogP contribution is -2.18. The molecule has 0 aromatic heterocycles. The summed E-state index contributed by atoms with van der Waals surface area (Å²) < 4.78 is 10.9. The van der Waals surface area contributed by atoms with E-state index in [0.717, 1.165) is 28.2 Å². The third kappa shape index (κ3) is 2.45. The number of hydrogen-bond donors (Lipinski definition) is 2. The number of nitrogens with one attached hydrogen (secondary N) is 1. The first kappa shape index (κ1) is 14.7. The van der Waals surface area contributed by atoms with Crippen LogP contribution >= 0.6 is 0 Å². The molecule has 2 atom stereocenters. The van der Waals surface area contributed by atoms with Gasteiger partial charge in [0.15, 0.2) is 0 Å². The van der Waals surface area contributed by atoms with E-state index in [1.165, 1.54) is 0 Å². The predicted octanol–water partition coefficient (Wildman–Crippen LogP) is 2.06. The summed E-state index contributed by atoms with van der Waals surface area (Å²) in [6.45, 7) is 4.44. The number of ether oxygens (including phenoxy) is 2. The van der Waals surface area contributed by atoms with E-state index in [0.29, 0.717) is 13.0 Å². The van der Waals surface area contributed by atoms with E-state index in [4.69, 9.17) is 14.6 Å². The van der Waals surface area contributed by atoms with Gasteiger partial charge in [0, 0.05) is 23.7 Å². The van der Waals surface area contributed by atoms with Crippen LogP contribution in [0.5, 0.6) is 11.5 Å². The van der Waals surface area contributed by atoms with Crippen molar-refractivity contribution in [3.8, 4) is 11.5 Å². The van der Waals surface area contributed by atoms with E-state index < -0.39 is 5.97 Å². The number of aryl methyl sites for hydroxylation is 1. The van der Waals surface area contributed by atoms with Crippen molar-refractivity contribution >= 4 is 5.97 Å². The molecule has 1 saturated heterocycles. The fourth-order valence-corrected chi connectivity index (χ4v) is 2.93. The van der Waals surface area contributed by atoms with Crippen LogP contribution in [0.25, 0.3) is 0 Å². The minimum absolute atomic E-state index is 0.00987. The molecule has 1 aromatic rings. The topological polar surface area (TPSA) is 67.8 Å². The number of benzene rings is 1. The summed E-state index contributed by atoms with van der Waals surface area (Å²) in [4.78, 5) is 11.1. The highest BCUT2D eigenvalue weighted by molar-refractivity contribution is 5.71. The van der Waals surface area contributed by atoms with E-state index in [1.807, 2.05) is 19.9 Å². The molecule has 0 bridgehead atoms. The Balaban J connectivity index is 2.42. The van der Waals surface area contributed by atoms with Gasteiger partial charge < -0.3 is 19.9 Å². The zero-order valence-corrected chi connectivity index (χ0v) is 12.3. The van der Waals surface area contributed by atoms with Crippen LogP contribution in [0.4, 0.5) is 0 Å². The van der Waals surface area contributed by atoms with Gasteiger partial charge in [-0.15, -0.1) is 0 Å². The molecule has 110 valence electrons. The van der Waals surface area contributed by atoms with Gasteiger partial charge in [0.05, 0.1) is 20.1 Å². The number of rotatable bonds is 4. The standard InChI is InChI=1S/C15H21NO4/c1-8-5-12(19-3)9(2)14(20-4)13(8)11-6-10(7-16-11)15(17)18/h5,10-11,16H,6-7H2,1-4H3,(H,17,18). The van der Waals surface area contributed by atoms with Crippen molar-refractivity contribution in [1.82, 2.24) is 5.32 Å². The van der Waals surface area contributed by atoms with Gasteiger partial charge in [0.2, 0.25) is 0 Å². The fraction of sp³-hybridized carbons (Fsp3) is 0.533. The second-order valence-electron chi connectivity index (χ2n) is 5.20. The van der Waals surface area contributed by atoms with Crippen molar-refractivity contribution in [3.63, 3.8) is 0 Å². The van der Waals surface area contributed by atoms with Crippen molar-refractivity contribution in [1.29, 1.82) is 0 Å². The second kappa shape index (κ2) is 5.71. The molecule has 2 unspecified atom stereocenters. The minimum Gasteiger partial charge on any atom is -0.496 e. The monoisotopic (exact) mass is 279 g/mol. The Labute approximate surface area is 118 Å². The molecule has 1 fully saturated rings. The number of aliphatic carboxylic acids is 1. The summed E-state index contributed by atoms with van der Waals surface area (Å²) in [5, 5.41) is 12.4. The van der Waals surface area contributed by atoms with Crippen molar-refractivity contribution in [2.75, 3.05) is 20.8 Å². The molecule has 2 rings (SSSR count). The highest BCUT2D eigenvalue weighted by Crippen LogP contribution is 2.41. The average molecular weight is 279 g/mol. The summed E-state index contributed by atoms with van der Waals surface area (Å²) >= 11 is 0. The normalized spacial score (nSPS) is 21.8. The van der Waals surface area contributed by atoms with Crippen LogP contribution in [-0.4, -0.2) is 31.8 Å². The number of hydrogen-bond acceptors (Lipinski definition) is 4. The van der Waals surface area contributed by atoms with E-state index in [2.05, 4.69) is 5.32 Å². The molecule has 1 aromatic carbocycles. The van der Waals surface area contributed by atoms with E-state index in [9.17, 15) is 4.79 Å². The van der Waals surface area contributed by atoms with Crippen LogP contribution < -0.4 is 14.8 Å². The molecule has 1 aliphatic rings. The van der Waals surface area contributed by atoms with Gasteiger partial charge in [-0.25, -0.2) is 0 Å². The Morgan fingerprint density at radius 1 is 1.35 bits per heavy atom. The Morgan fingerprint density at radius 3 is 2.55 bits per heavy atom. The summed E-state index contributed by atoms with van der Waals surface area (Å²) in [5.41, 5.74) is 3.03. The Morgan fingerprint density at radius 2 is 2.05 bits per heavy atom. The van der Waals surface area contributed by atoms with Gasteiger partial charge >= 0.3 is 5.97 Å². The Hall–Kier alpha value is -1.75. The molecule has 1 heterocycles. The molecule has 0 spiro atoms. The number of carboxylic acids is 1. The molecular weight excluding hydrogens is 258 g/mol.